The molecule has 0 fully saturated rings. The minimum Gasteiger partial charge on any atom is -0.496 e. The summed E-state index contributed by atoms with van der Waals surface area (Å²) >= 11 is 0. The molecule has 4 nitrogen and oxygen atoms in total. The van der Waals surface area contributed by atoms with Crippen LogP contribution in [0.15, 0.2) is 18.2 Å². The highest BCUT2D eigenvalue weighted by molar-refractivity contribution is 5.37. The van der Waals surface area contributed by atoms with E-state index in [9.17, 15) is 10.2 Å². The molecule has 0 heterocycles. The first-order chi connectivity index (χ1) is 8.45. The van der Waals surface area contributed by atoms with E-state index in [0.29, 0.717) is 6.54 Å². The first kappa shape index (κ1) is 15.0. The molecule has 3 unspecified atom stereocenters. The predicted octanol–water partition coefficient (Wildman–Crippen LogP) is 1.40. The molecule has 0 aliphatic heterocycles. The number of ether oxygens (including phenoxy) is 1. The van der Waals surface area contributed by atoms with Crippen LogP contribution in [0.2, 0.25) is 0 Å². The average Bonchev–Trinajstić information content (AvgIpc) is 2.34. The van der Waals surface area contributed by atoms with Crippen molar-refractivity contribution in [2.45, 2.75) is 39.0 Å². The topological polar surface area (TPSA) is 61.7 Å². The molecule has 102 valence electrons. The molecule has 4 heteroatoms. The zero-order valence-electron chi connectivity index (χ0n) is 11.5. The average molecular weight is 253 g/mol. The van der Waals surface area contributed by atoms with Gasteiger partial charge in [-0.05, 0) is 44.0 Å². The quantitative estimate of drug-likeness (QED) is 0.717. The largest absolute Gasteiger partial charge is 0.496 e. The molecule has 1 aromatic carbocycles. The zero-order chi connectivity index (χ0) is 13.7. The molecule has 0 bridgehead atoms. The van der Waals surface area contributed by atoms with Crippen LogP contribution in [-0.2, 0) is 0 Å². The molecule has 1 rings (SSSR count). The van der Waals surface area contributed by atoms with Crippen molar-refractivity contribution in [3.63, 3.8) is 0 Å². The van der Waals surface area contributed by atoms with Gasteiger partial charge in [0.15, 0.2) is 0 Å². The fraction of sp³-hybridized carbons (Fsp3) is 0.571. The molecule has 0 aliphatic carbocycles. The van der Waals surface area contributed by atoms with Crippen LogP contribution in [0.25, 0.3) is 0 Å². The van der Waals surface area contributed by atoms with Gasteiger partial charge in [0.25, 0.3) is 0 Å². The minimum absolute atomic E-state index is 0.118. The Hall–Kier alpha value is -1.10. The van der Waals surface area contributed by atoms with Crippen molar-refractivity contribution in [3.05, 3.63) is 29.3 Å². The van der Waals surface area contributed by atoms with Crippen molar-refractivity contribution in [1.29, 1.82) is 0 Å². The molecule has 0 aromatic heterocycles. The Bertz CT molecular complexity index is 379. The number of nitrogens with one attached hydrogen (secondary N) is 1. The van der Waals surface area contributed by atoms with E-state index >= 15 is 0 Å². The number of aliphatic hydroxyl groups excluding tert-OH is 2. The summed E-state index contributed by atoms with van der Waals surface area (Å²) in [5.41, 5.74) is 1.84. The van der Waals surface area contributed by atoms with E-state index < -0.39 is 12.2 Å². The lowest BCUT2D eigenvalue weighted by Gasteiger charge is -2.22. The number of rotatable bonds is 6. The standard InChI is InChI=1S/C14H23NO3/c1-9-7-12(5-6-13(9)18-4)14(17)11(3)15-8-10(2)16/h5-7,10-11,14-17H,8H2,1-4H3. The monoisotopic (exact) mass is 253 g/mol. The van der Waals surface area contributed by atoms with Gasteiger partial charge in [0.2, 0.25) is 0 Å². The van der Waals surface area contributed by atoms with Gasteiger partial charge in [-0.25, -0.2) is 0 Å². The first-order valence-corrected chi connectivity index (χ1v) is 6.19. The van der Waals surface area contributed by atoms with Crippen LogP contribution in [0.4, 0.5) is 0 Å². The maximum absolute atomic E-state index is 10.2. The van der Waals surface area contributed by atoms with E-state index in [4.69, 9.17) is 4.74 Å². The summed E-state index contributed by atoms with van der Waals surface area (Å²) in [7, 11) is 1.63. The van der Waals surface area contributed by atoms with Gasteiger partial charge in [-0.1, -0.05) is 6.07 Å². The normalized spacial score (nSPS) is 16.1. The zero-order valence-corrected chi connectivity index (χ0v) is 11.5. The molecule has 0 saturated heterocycles. The second-order valence-electron chi connectivity index (χ2n) is 4.72. The predicted molar refractivity (Wildman–Crippen MR) is 71.8 cm³/mol. The summed E-state index contributed by atoms with van der Waals surface area (Å²) in [4.78, 5) is 0. The summed E-state index contributed by atoms with van der Waals surface area (Å²) < 4.78 is 5.19. The summed E-state index contributed by atoms with van der Waals surface area (Å²) in [5.74, 6) is 0.815. The number of methoxy groups -OCH3 is 1. The molecule has 0 radical (unpaired) electrons. The highest BCUT2D eigenvalue weighted by atomic mass is 16.5. The smallest absolute Gasteiger partial charge is 0.121 e. The van der Waals surface area contributed by atoms with Crippen LogP contribution in [0, 0.1) is 6.92 Å². The van der Waals surface area contributed by atoms with Gasteiger partial charge >= 0.3 is 0 Å². The summed E-state index contributed by atoms with van der Waals surface area (Å²) in [5, 5.41) is 22.5. The fourth-order valence-corrected chi connectivity index (χ4v) is 1.84. The Balaban J connectivity index is 2.71. The molecule has 0 amide bonds. The number of benzene rings is 1. The van der Waals surface area contributed by atoms with Gasteiger partial charge in [-0.15, -0.1) is 0 Å². The highest BCUT2D eigenvalue weighted by Crippen LogP contribution is 2.24. The second kappa shape index (κ2) is 6.73. The van der Waals surface area contributed by atoms with Crippen molar-refractivity contribution in [2.75, 3.05) is 13.7 Å². The molecule has 0 saturated carbocycles. The van der Waals surface area contributed by atoms with E-state index in [-0.39, 0.29) is 6.04 Å². The van der Waals surface area contributed by atoms with Crippen molar-refractivity contribution < 1.29 is 14.9 Å². The summed E-state index contributed by atoms with van der Waals surface area (Å²) in [6, 6.07) is 5.52. The van der Waals surface area contributed by atoms with Crippen LogP contribution in [0.5, 0.6) is 5.75 Å². The third-order valence-corrected chi connectivity index (χ3v) is 2.97. The van der Waals surface area contributed by atoms with Gasteiger partial charge in [0.05, 0.1) is 19.3 Å². The summed E-state index contributed by atoms with van der Waals surface area (Å²) in [6.07, 6.45) is -1.02. The molecular formula is C14H23NO3. The summed E-state index contributed by atoms with van der Waals surface area (Å²) in [6.45, 7) is 6.02. The Labute approximate surface area is 109 Å². The lowest BCUT2D eigenvalue weighted by molar-refractivity contribution is 0.121. The van der Waals surface area contributed by atoms with E-state index in [1.54, 1.807) is 14.0 Å². The van der Waals surface area contributed by atoms with Crippen molar-refractivity contribution in [1.82, 2.24) is 5.32 Å². The molecule has 3 N–H and O–H groups in total. The minimum atomic E-state index is -0.603. The highest BCUT2D eigenvalue weighted by Gasteiger charge is 2.17. The fourth-order valence-electron chi connectivity index (χ4n) is 1.84. The van der Waals surface area contributed by atoms with Crippen LogP contribution in [0.1, 0.15) is 31.1 Å². The maximum Gasteiger partial charge on any atom is 0.121 e. The Morgan fingerprint density at radius 3 is 2.44 bits per heavy atom. The third-order valence-electron chi connectivity index (χ3n) is 2.97. The molecule has 0 aliphatic rings. The Kier molecular flexibility index (Phi) is 5.59. The first-order valence-electron chi connectivity index (χ1n) is 6.19. The SMILES string of the molecule is COc1ccc(C(O)C(C)NCC(C)O)cc1C. The Morgan fingerprint density at radius 2 is 1.94 bits per heavy atom. The van der Waals surface area contributed by atoms with Gasteiger partial charge < -0.3 is 20.3 Å². The molecule has 1 aromatic rings. The number of hydrogen-bond donors (Lipinski definition) is 3. The number of aryl methyl sites for hydroxylation is 1. The van der Waals surface area contributed by atoms with E-state index in [2.05, 4.69) is 5.32 Å². The van der Waals surface area contributed by atoms with Gasteiger partial charge in [0, 0.05) is 12.6 Å². The molecule has 18 heavy (non-hydrogen) atoms. The lowest BCUT2D eigenvalue weighted by Crippen LogP contribution is -2.36. The number of aliphatic hydroxyl groups is 2. The molecule has 3 atom stereocenters. The molecule has 0 spiro atoms. The van der Waals surface area contributed by atoms with E-state index in [1.807, 2.05) is 32.0 Å². The van der Waals surface area contributed by atoms with E-state index in [0.717, 1.165) is 16.9 Å². The van der Waals surface area contributed by atoms with Crippen molar-refractivity contribution in [2.24, 2.45) is 0 Å². The molecular weight excluding hydrogens is 230 g/mol. The van der Waals surface area contributed by atoms with E-state index in [1.165, 1.54) is 0 Å². The maximum atomic E-state index is 10.2. The van der Waals surface area contributed by atoms with Crippen LogP contribution in [-0.4, -0.2) is 36.0 Å². The third kappa shape index (κ3) is 3.98. The second-order valence-corrected chi connectivity index (χ2v) is 4.72. The van der Waals surface area contributed by atoms with Gasteiger partial charge in [-0.3, -0.25) is 0 Å². The van der Waals surface area contributed by atoms with Crippen LogP contribution in [0.3, 0.4) is 0 Å². The van der Waals surface area contributed by atoms with Gasteiger partial charge in [-0.2, -0.15) is 0 Å². The number of hydrogen-bond acceptors (Lipinski definition) is 4. The van der Waals surface area contributed by atoms with Crippen molar-refractivity contribution in [3.8, 4) is 5.75 Å². The lowest BCUT2D eigenvalue weighted by atomic mass is 10.0. The van der Waals surface area contributed by atoms with Crippen LogP contribution >= 0.6 is 0 Å². The Morgan fingerprint density at radius 1 is 1.28 bits per heavy atom. The van der Waals surface area contributed by atoms with Crippen LogP contribution < -0.4 is 10.1 Å². The van der Waals surface area contributed by atoms with Crippen molar-refractivity contribution >= 4 is 0 Å². The van der Waals surface area contributed by atoms with Gasteiger partial charge in [0.1, 0.15) is 5.75 Å².